The van der Waals surface area contributed by atoms with Crippen LogP contribution in [0.4, 0.5) is 0 Å². The van der Waals surface area contributed by atoms with Gasteiger partial charge in [-0.05, 0) is 38.1 Å². The van der Waals surface area contributed by atoms with Gasteiger partial charge in [-0.2, -0.15) is 0 Å². The van der Waals surface area contributed by atoms with Crippen molar-refractivity contribution in [2.75, 3.05) is 0 Å². The number of benzene rings is 2. The Morgan fingerprint density at radius 2 is 1.16 bits per heavy atom. The number of hydrogen-bond donors (Lipinski definition) is 0. The fourth-order valence-electron chi connectivity index (χ4n) is 1.37. The van der Waals surface area contributed by atoms with E-state index in [0.717, 1.165) is 11.5 Å². The normalized spacial score (nSPS) is 10.7. The van der Waals surface area contributed by atoms with E-state index in [9.17, 15) is 0 Å². The van der Waals surface area contributed by atoms with Crippen molar-refractivity contribution in [3.8, 4) is 11.5 Å². The van der Waals surface area contributed by atoms with Crippen molar-refractivity contribution in [1.29, 1.82) is 0 Å². The maximum Gasteiger partial charge on any atom is 0.463 e. The van der Waals surface area contributed by atoms with E-state index in [2.05, 4.69) is 0 Å². The second kappa shape index (κ2) is 7.13. The van der Waals surface area contributed by atoms with Gasteiger partial charge < -0.3 is 9.05 Å². The van der Waals surface area contributed by atoms with Crippen LogP contribution in [0.25, 0.3) is 0 Å². The summed E-state index contributed by atoms with van der Waals surface area (Å²) in [5.74, 6) is 1.48. The average molecular weight is 276 g/mol. The molecule has 2 aromatic rings. The molecular weight excluding hydrogens is 259 g/mol. The zero-order valence-corrected chi connectivity index (χ0v) is 11.9. The molecule has 0 aliphatic heterocycles. The van der Waals surface area contributed by atoms with E-state index < -0.39 is 8.60 Å². The molecule has 0 unspecified atom stereocenters. The maximum atomic E-state index is 5.75. The molecule has 0 atom stereocenters. The van der Waals surface area contributed by atoms with E-state index in [0.29, 0.717) is 0 Å². The number of hydrogen-bond acceptors (Lipinski definition) is 3. The highest BCUT2D eigenvalue weighted by Crippen LogP contribution is 2.42. The van der Waals surface area contributed by atoms with Crippen molar-refractivity contribution in [2.24, 2.45) is 0 Å². The Bertz CT molecular complexity index is 432. The minimum absolute atomic E-state index is 0.0403. The highest BCUT2D eigenvalue weighted by atomic mass is 31.2. The van der Waals surface area contributed by atoms with E-state index >= 15 is 0 Å². The lowest BCUT2D eigenvalue weighted by molar-refractivity contribution is 0.209. The molecule has 0 bridgehead atoms. The molecule has 0 amide bonds. The van der Waals surface area contributed by atoms with Crippen LogP contribution in [0.2, 0.25) is 0 Å². The molecule has 0 N–H and O–H groups in total. The highest BCUT2D eigenvalue weighted by molar-refractivity contribution is 7.42. The Hall–Kier alpha value is -1.57. The van der Waals surface area contributed by atoms with Crippen LogP contribution >= 0.6 is 8.60 Å². The molecule has 2 aromatic carbocycles. The summed E-state index contributed by atoms with van der Waals surface area (Å²) in [5, 5.41) is 0. The number of rotatable bonds is 6. The zero-order valence-electron chi connectivity index (χ0n) is 11.0. The molecule has 100 valence electrons. The van der Waals surface area contributed by atoms with Gasteiger partial charge in [-0.1, -0.05) is 36.4 Å². The molecule has 19 heavy (non-hydrogen) atoms. The van der Waals surface area contributed by atoms with Crippen LogP contribution in [-0.2, 0) is 4.52 Å². The lowest BCUT2D eigenvalue weighted by Crippen LogP contribution is -2.05. The first-order valence-corrected chi connectivity index (χ1v) is 7.26. The van der Waals surface area contributed by atoms with Gasteiger partial charge in [0.25, 0.3) is 0 Å². The van der Waals surface area contributed by atoms with Gasteiger partial charge in [0, 0.05) is 0 Å². The summed E-state index contributed by atoms with van der Waals surface area (Å²) in [6, 6.07) is 19.1. The summed E-state index contributed by atoms with van der Waals surface area (Å²) in [6.45, 7) is 3.91. The van der Waals surface area contributed by atoms with Gasteiger partial charge in [0.15, 0.2) is 0 Å². The van der Waals surface area contributed by atoms with Gasteiger partial charge >= 0.3 is 8.60 Å². The maximum absolute atomic E-state index is 5.75. The Balaban J connectivity index is 2.03. The summed E-state index contributed by atoms with van der Waals surface area (Å²) < 4.78 is 17.2. The van der Waals surface area contributed by atoms with Gasteiger partial charge in [0.2, 0.25) is 0 Å². The van der Waals surface area contributed by atoms with Crippen LogP contribution in [0.1, 0.15) is 13.8 Å². The summed E-state index contributed by atoms with van der Waals surface area (Å²) in [6.07, 6.45) is 0.0403. The van der Waals surface area contributed by atoms with Gasteiger partial charge in [-0.15, -0.1) is 0 Å². The number of para-hydroxylation sites is 2. The molecule has 0 spiro atoms. The third-order valence-corrected chi connectivity index (χ3v) is 3.46. The van der Waals surface area contributed by atoms with Crippen LogP contribution in [0, 0.1) is 0 Å². The monoisotopic (exact) mass is 276 g/mol. The second-order valence-electron chi connectivity index (χ2n) is 4.19. The van der Waals surface area contributed by atoms with Crippen LogP contribution in [0.5, 0.6) is 11.5 Å². The van der Waals surface area contributed by atoms with E-state index in [4.69, 9.17) is 13.6 Å². The molecular formula is C15H17O3P. The van der Waals surface area contributed by atoms with Crippen molar-refractivity contribution in [3.63, 3.8) is 0 Å². The third kappa shape index (κ3) is 4.90. The van der Waals surface area contributed by atoms with Gasteiger partial charge in [-0.3, -0.25) is 4.52 Å². The van der Waals surface area contributed by atoms with Crippen LogP contribution < -0.4 is 9.05 Å². The lowest BCUT2D eigenvalue weighted by atomic mass is 10.3. The summed E-state index contributed by atoms with van der Waals surface area (Å²) >= 11 is 0. The first-order chi connectivity index (χ1) is 9.24. The fraction of sp³-hybridized carbons (Fsp3) is 0.200. The summed E-state index contributed by atoms with van der Waals surface area (Å²) in [7, 11) is -1.45. The van der Waals surface area contributed by atoms with E-state index in [1.807, 2.05) is 74.5 Å². The molecule has 0 heterocycles. The minimum Gasteiger partial charge on any atom is -0.418 e. The molecule has 0 saturated carbocycles. The van der Waals surface area contributed by atoms with Gasteiger partial charge in [-0.25, -0.2) is 0 Å². The van der Waals surface area contributed by atoms with Crippen LogP contribution in [-0.4, -0.2) is 6.10 Å². The predicted octanol–water partition coefficient (Wildman–Crippen LogP) is 4.80. The van der Waals surface area contributed by atoms with Crippen molar-refractivity contribution in [1.82, 2.24) is 0 Å². The average Bonchev–Trinajstić information content (AvgIpc) is 2.40. The molecule has 0 radical (unpaired) electrons. The van der Waals surface area contributed by atoms with Crippen molar-refractivity contribution in [2.45, 2.75) is 20.0 Å². The third-order valence-electron chi connectivity index (χ3n) is 2.14. The fourth-order valence-corrected chi connectivity index (χ4v) is 2.42. The van der Waals surface area contributed by atoms with E-state index in [1.165, 1.54) is 0 Å². The Labute approximate surface area is 115 Å². The molecule has 0 aliphatic rings. The Kier molecular flexibility index (Phi) is 5.20. The highest BCUT2D eigenvalue weighted by Gasteiger charge is 2.18. The topological polar surface area (TPSA) is 27.7 Å². The van der Waals surface area contributed by atoms with Gasteiger partial charge in [0.1, 0.15) is 11.5 Å². The first kappa shape index (κ1) is 13.9. The smallest absolute Gasteiger partial charge is 0.418 e. The lowest BCUT2D eigenvalue weighted by Gasteiger charge is -2.19. The molecule has 4 heteroatoms. The molecule has 0 aliphatic carbocycles. The van der Waals surface area contributed by atoms with Crippen LogP contribution in [0.15, 0.2) is 60.7 Å². The molecule has 0 fully saturated rings. The standard InChI is InChI=1S/C15H17O3P/c1-13(2)16-19(17-14-9-5-3-6-10-14)18-15-11-7-4-8-12-15/h3-13H,1-2H3. The van der Waals surface area contributed by atoms with Crippen molar-refractivity contribution in [3.05, 3.63) is 60.7 Å². The van der Waals surface area contributed by atoms with Crippen LogP contribution in [0.3, 0.4) is 0 Å². The molecule has 0 aromatic heterocycles. The van der Waals surface area contributed by atoms with Crippen molar-refractivity contribution >= 4 is 8.60 Å². The first-order valence-electron chi connectivity index (χ1n) is 6.17. The summed E-state index contributed by atoms with van der Waals surface area (Å²) in [5.41, 5.74) is 0. The Morgan fingerprint density at radius 1 is 0.737 bits per heavy atom. The largest absolute Gasteiger partial charge is 0.463 e. The second-order valence-corrected chi connectivity index (χ2v) is 5.21. The van der Waals surface area contributed by atoms with E-state index in [1.54, 1.807) is 0 Å². The Morgan fingerprint density at radius 3 is 1.53 bits per heavy atom. The molecule has 0 saturated heterocycles. The van der Waals surface area contributed by atoms with Gasteiger partial charge in [0.05, 0.1) is 6.10 Å². The molecule has 3 nitrogen and oxygen atoms in total. The SMILES string of the molecule is CC(C)OP(Oc1ccccc1)Oc1ccccc1. The van der Waals surface area contributed by atoms with E-state index in [-0.39, 0.29) is 6.10 Å². The van der Waals surface area contributed by atoms with Crippen molar-refractivity contribution < 1.29 is 13.6 Å². The zero-order chi connectivity index (χ0) is 13.5. The molecule has 2 rings (SSSR count). The summed E-state index contributed by atoms with van der Waals surface area (Å²) in [4.78, 5) is 0. The minimum atomic E-state index is -1.45. The quantitative estimate of drug-likeness (QED) is 0.709. The predicted molar refractivity (Wildman–Crippen MR) is 77.3 cm³/mol.